The highest BCUT2D eigenvalue weighted by Crippen LogP contribution is 2.24. The van der Waals surface area contributed by atoms with E-state index < -0.39 is 17.7 Å². The van der Waals surface area contributed by atoms with Crippen molar-refractivity contribution in [1.82, 2.24) is 10.3 Å². The number of benzene rings is 1. The lowest BCUT2D eigenvalue weighted by atomic mass is 10.1. The van der Waals surface area contributed by atoms with Gasteiger partial charge in [0.1, 0.15) is 5.82 Å². The molecule has 3 rings (SSSR count). The Morgan fingerprint density at radius 2 is 2.03 bits per heavy atom. The van der Waals surface area contributed by atoms with Gasteiger partial charge in [-0.05, 0) is 50.5 Å². The van der Waals surface area contributed by atoms with E-state index in [0.717, 1.165) is 0 Å². The first-order chi connectivity index (χ1) is 14.8. The van der Waals surface area contributed by atoms with Crippen LogP contribution in [0, 0.1) is 19.7 Å². The Hall–Kier alpha value is -3.82. The Labute approximate surface area is 177 Å². The molecule has 0 saturated carbocycles. The lowest BCUT2D eigenvalue weighted by molar-refractivity contribution is -0.137. The van der Waals surface area contributed by atoms with Gasteiger partial charge in [0.25, 0.3) is 11.8 Å². The topological polar surface area (TPSA) is 136 Å². The number of H-pyrrole nitrogens is 1. The van der Waals surface area contributed by atoms with Crippen LogP contribution in [0.15, 0.2) is 28.4 Å². The highest BCUT2D eigenvalue weighted by atomic mass is 19.1. The van der Waals surface area contributed by atoms with Gasteiger partial charge in [0.05, 0.1) is 23.2 Å². The van der Waals surface area contributed by atoms with Gasteiger partial charge in [-0.25, -0.2) is 4.39 Å². The number of nitrogens with one attached hydrogen (secondary N) is 3. The van der Waals surface area contributed by atoms with E-state index in [1.54, 1.807) is 13.8 Å². The summed E-state index contributed by atoms with van der Waals surface area (Å²) < 4.78 is 13.5. The van der Waals surface area contributed by atoms with Gasteiger partial charge in [-0.3, -0.25) is 14.4 Å². The molecule has 0 atom stereocenters. The molecule has 0 unspecified atom stereocenters. The number of aromatic nitrogens is 1. The summed E-state index contributed by atoms with van der Waals surface area (Å²) in [5.41, 5.74) is 3.13. The van der Waals surface area contributed by atoms with Crippen molar-refractivity contribution in [1.29, 1.82) is 0 Å². The maximum Gasteiger partial charge on any atom is 0.303 e. The van der Waals surface area contributed by atoms with Gasteiger partial charge in [-0.1, -0.05) is 0 Å². The van der Waals surface area contributed by atoms with Gasteiger partial charge in [0.2, 0.25) is 0 Å². The summed E-state index contributed by atoms with van der Waals surface area (Å²) in [5, 5.41) is 21.9. The van der Waals surface area contributed by atoms with Crippen molar-refractivity contribution >= 4 is 35.4 Å². The fourth-order valence-electron chi connectivity index (χ4n) is 3.30. The summed E-state index contributed by atoms with van der Waals surface area (Å²) in [6.45, 7) is 3.88. The molecular formula is C21H22FN5O4. The predicted molar refractivity (Wildman–Crippen MR) is 113 cm³/mol. The number of unbranched alkanes of at least 4 members (excludes halogenated alkanes) is 1. The number of aryl methyl sites for hydroxylation is 1. The van der Waals surface area contributed by atoms with Crippen LogP contribution in [0.4, 0.5) is 10.1 Å². The molecule has 0 bridgehead atoms. The third kappa shape index (κ3) is 5.03. The number of carbonyl (C=O) groups excluding carboxylic acids is 2. The average Bonchev–Trinajstić information content (AvgIpc) is 3.16. The van der Waals surface area contributed by atoms with Crippen molar-refractivity contribution in [2.45, 2.75) is 33.1 Å². The van der Waals surface area contributed by atoms with Crippen LogP contribution in [0.2, 0.25) is 0 Å². The smallest absolute Gasteiger partial charge is 0.303 e. The van der Waals surface area contributed by atoms with E-state index in [0.29, 0.717) is 53.2 Å². The van der Waals surface area contributed by atoms with Crippen LogP contribution in [-0.4, -0.2) is 46.3 Å². The first kappa shape index (κ1) is 21.9. The van der Waals surface area contributed by atoms with Gasteiger partial charge >= 0.3 is 5.97 Å². The molecule has 162 valence electrons. The van der Waals surface area contributed by atoms with Crippen molar-refractivity contribution in [3.05, 3.63) is 52.1 Å². The highest BCUT2D eigenvalue weighted by Gasteiger charge is 2.26. The zero-order valence-electron chi connectivity index (χ0n) is 17.1. The second-order valence-electron chi connectivity index (χ2n) is 7.11. The van der Waals surface area contributed by atoms with E-state index in [9.17, 15) is 18.8 Å². The first-order valence-corrected chi connectivity index (χ1v) is 9.69. The van der Waals surface area contributed by atoms with Crippen molar-refractivity contribution < 1.29 is 23.9 Å². The molecule has 0 radical (unpaired) electrons. The van der Waals surface area contributed by atoms with Crippen LogP contribution in [-0.2, 0) is 9.59 Å². The van der Waals surface area contributed by atoms with Crippen LogP contribution in [0.5, 0.6) is 0 Å². The molecule has 10 heteroatoms. The van der Waals surface area contributed by atoms with E-state index in [1.165, 1.54) is 24.4 Å². The Morgan fingerprint density at radius 3 is 2.77 bits per heavy atom. The molecule has 31 heavy (non-hydrogen) atoms. The normalized spacial score (nSPS) is 14.2. The molecule has 0 spiro atoms. The summed E-state index contributed by atoms with van der Waals surface area (Å²) in [6.07, 6.45) is 2.51. The minimum atomic E-state index is -0.861. The fraction of sp³-hybridized carbons (Fsp3) is 0.286. The number of fused-ring (bicyclic) bond motifs is 1. The molecule has 2 amide bonds. The molecule has 0 aliphatic carbocycles. The number of halogens is 1. The molecule has 2 heterocycles. The molecule has 2 aromatic rings. The molecule has 1 aliphatic heterocycles. The Bertz CT molecular complexity index is 1100. The monoisotopic (exact) mass is 427 g/mol. The fourth-order valence-corrected chi connectivity index (χ4v) is 3.30. The van der Waals surface area contributed by atoms with Gasteiger partial charge in [-0.2, -0.15) is 5.10 Å². The van der Waals surface area contributed by atoms with Crippen LogP contribution in [0.25, 0.3) is 0 Å². The Morgan fingerprint density at radius 1 is 1.26 bits per heavy atom. The van der Waals surface area contributed by atoms with E-state index in [4.69, 9.17) is 5.11 Å². The van der Waals surface area contributed by atoms with Crippen LogP contribution in [0.3, 0.4) is 0 Å². The summed E-state index contributed by atoms with van der Waals surface area (Å²) >= 11 is 0. The van der Waals surface area contributed by atoms with Crippen molar-refractivity contribution in [2.75, 3.05) is 11.9 Å². The molecule has 1 aromatic carbocycles. The maximum absolute atomic E-state index is 13.5. The van der Waals surface area contributed by atoms with E-state index in [-0.39, 0.29) is 18.0 Å². The van der Waals surface area contributed by atoms with Crippen molar-refractivity contribution in [2.24, 2.45) is 10.2 Å². The second-order valence-corrected chi connectivity index (χ2v) is 7.11. The zero-order valence-corrected chi connectivity index (χ0v) is 17.1. The minimum absolute atomic E-state index is 0.00556. The lowest BCUT2D eigenvalue weighted by Gasteiger charge is -2.05. The summed E-state index contributed by atoms with van der Waals surface area (Å²) in [6, 6.07) is 3.92. The van der Waals surface area contributed by atoms with E-state index in [1.807, 2.05) is 0 Å². The third-order valence-electron chi connectivity index (χ3n) is 4.85. The summed E-state index contributed by atoms with van der Waals surface area (Å²) in [4.78, 5) is 38.1. The van der Waals surface area contributed by atoms with Crippen LogP contribution < -0.4 is 10.6 Å². The van der Waals surface area contributed by atoms with Crippen LogP contribution in [0.1, 0.15) is 52.1 Å². The molecule has 9 nitrogen and oxygen atoms in total. The number of carbonyl (C=O) groups is 3. The quantitative estimate of drug-likeness (QED) is 0.292. The number of aromatic amines is 1. The lowest BCUT2D eigenvalue weighted by Crippen LogP contribution is -2.25. The zero-order chi connectivity index (χ0) is 22.5. The first-order valence-electron chi connectivity index (χ1n) is 9.69. The number of rotatable bonds is 8. The van der Waals surface area contributed by atoms with Gasteiger partial charge < -0.3 is 20.7 Å². The number of amides is 2. The predicted octanol–water partition coefficient (Wildman–Crippen LogP) is 2.53. The average molecular weight is 427 g/mol. The number of hydrogen-bond acceptors (Lipinski definition) is 5. The molecule has 1 aliphatic rings. The number of aliphatic carboxylic acids is 1. The van der Waals surface area contributed by atoms with Gasteiger partial charge in [0.15, 0.2) is 5.71 Å². The largest absolute Gasteiger partial charge is 0.481 e. The van der Waals surface area contributed by atoms with Gasteiger partial charge in [0, 0.05) is 24.2 Å². The number of carboxylic acid groups (broad SMARTS) is 1. The van der Waals surface area contributed by atoms with Crippen molar-refractivity contribution in [3.63, 3.8) is 0 Å². The van der Waals surface area contributed by atoms with Gasteiger partial charge in [-0.15, -0.1) is 5.10 Å². The standard InChI is InChI=1S/C21H22FN5O4/c1-11-16(25-12(2)18(11)20(30)23-8-4-3-5-17(28)29)10-24-27-19-14-9-13(22)6-7-15(14)26-21(19)31/h6-7,9-10,25H,3-5,8H2,1-2H3,(H,23,30)(H,28,29)(H,26,27,31). The minimum Gasteiger partial charge on any atom is -0.481 e. The SMILES string of the molecule is Cc1[nH]c(C=NN=C2C(=O)Nc3ccc(F)cc32)c(C)c1C(=O)NCCCCC(=O)O. The summed E-state index contributed by atoms with van der Waals surface area (Å²) in [5.74, 6) is -2.09. The van der Waals surface area contributed by atoms with E-state index in [2.05, 4.69) is 25.8 Å². The molecule has 4 N–H and O–H groups in total. The number of carboxylic acids is 1. The maximum atomic E-state index is 13.5. The van der Waals surface area contributed by atoms with E-state index >= 15 is 0 Å². The second kappa shape index (κ2) is 9.33. The Kier molecular flexibility index (Phi) is 6.58. The highest BCUT2D eigenvalue weighted by molar-refractivity contribution is 6.53. The number of hydrogen-bond donors (Lipinski definition) is 4. The number of anilines is 1. The Balaban J connectivity index is 1.70. The van der Waals surface area contributed by atoms with Crippen LogP contribution >= 0.6 is 0 Å². The molecule has 0 fully saturated rings. The third-order valence-corrected chi connectivity index (χ3v) is 4.85. The molecule has 1 aromatic heterocycles. The molecule has 0 saturated heterocycles. The van der Waals surface area contributed by atoms with Crippen molar-refractivity contribution in [3.8, 4) is 0 Å². The number of nitrogens with zero attached hydrogens (tertiary/aromatic N) is 2. The molecular weight excluding hydrogens is 405 g/mol. The summed E-state index contributed by atoms with van der Waals surface area (Å²) in [7, 11) is 0.